The van der Waals surface area contributed by atoms with Crippen molar-refractivity contribution >= 4 is 34.7 Å². The maximum atomic E-state index is 11.9. The summed E-state index contributed by atoms with van der Waals surface area (Å²) in [5, 5.41) is 26.5. The molecule has 0 aliphatic carbocycles. The van der Waals surface area contributed by atoms with Gasteiger partial charge < -0.3 is 9.47 Å². The van der Waals surface area contributed by atoms with Gasteiger partial charge in [0.1, 0.15) is 5.69 Å². The number of nitro groups is 2. The van der Waals surface area contributed by atoms with Crippen LogP contribution in [0.1, 0.15) is 18.4 Å². The highest BCUT2D eigenvalue weighted by Gasteiger charge is 2.29. The molecule has 0 atom stereocenters. The van der Waals surface area contributed by atoms with Gasteiger partial charge in [0.15, 0.2) is 5.92 Å². The molecule has 168 valence electrons. The molecular weight excluding hydrogens is 424 g/mol. The Hall–Kier alpha value is -4.35. The van der Waals surface area contributed by atoms with E-state index >= 15 is 0 Å². The maximum Gasteiger partial charge on any atom is 0.320 e. The van der Waals surface area contributed by atoms with E-state index in [9.17, 15) is 29.8 Å². The average Bonchev–Trinajstić information content (AvgIpc) is 2.80. The number of hydrogen-bond acceptors (Lipinski definition) is 10. The van der Waals surface area contributed by atoms with Crippen LogP contribution in [0.25, 0.3) is 0 Å². The Morgan fingerprint density at radius 1 is 1.00 bits per heavy atom. The highest BCUT2D eigenvalue weighted by molar-refractivity contribution is 6.02. The van der Waals surface area contributed by atoms with E-state index in [-0.39, 0.29) is 18.5 Å². The van der Waals surface area contributed by atoms with Gasteiger partial charge in [-0.25, -0.2) is 0 Å². The zero-order valence-electron chi connectivity index (χ0n) is 17.2. The van der Waals surface area contributed by atoms with Crippen LogP contribution in [0.3, 0.4) is 0 Å². The van der Waals surface area contributed by atoms with Crippen LogP contribution in [0, 0.1) is 26.1 Å². The minimum Gasteiger partial charge on any atom is -0.468 e. The SMILES string of the molecule is COC(=O)C(CCC(=NNc1ccc([N+](=O)[O-])cc1[N+](=O)[O-])c1ccccc1)C(=O)OC. The Morgan fingerprint density at radius 2 is 1.62 bits per heavy atom. The molecule has 12 nitrogen and oxygen atoms in total. The Morgan fingerprint density at radius 3 is 2.16 bits per heavy atom. The standard InChI is InChI=1S/C20H20N4O8/c1-31-19(25)15(20(26)32-2)9-11-16(13-6-4-3-5-7-13)21-22-17-10-8-14(23(27)28)12-18(17)24(29)30/h3-8,10,12,15,22H,9,11H2,1-2H3. The quantitative estimate of drug-likeness (QED) is 0.191. The van der Waals surface area contributed by atoms with Gasteiger partial charge in [-0.3, -0.25) is 35.2 Å². The van der Waals surface area contributed by atoms with Crippen LogP contribution in [-0.2, 0) is 19.1 Å². The number of ether oxygens (including phenoxy) is 2. The van der Waals surface area contributed by atoms with Crippen LogP contribution in [-0.4, -0.2) is 41.7 Å². The zero-order chi connectivity index (χ0) is 23.7. The molecule has 32 heavy (non-hydrogen) atoms. The van der Waals surface area contributed by atoms with Crippen molar-refractivity contribution in [3.8, 4) is 0 Å². The molecule has 2 rings (SSSR count). The number of methoxy groups -OCH3 is 2. The van der Waals surface area contributed by atoms with Gasteiger partial charge in [-0.2, -0.15) is 5.10 Å². The van der Waals surface area contributed by atoms with Crippen molar-refractivity contribution in [3.05, 3.63) is 74.3 Å². The number of nitrogens with zero attached hydrogens (tertiary/aromatic N) is 3. The number of non-ortho nitro benzene ring substituents is 1. The second-order valence-corrected chi connectivity index (χ2v) is 6.39. The number of hydrazone groups is 1. The molecule has 0 saturated carbocycles. The summed E-state index contributed by atoms with van der Waals surface area (Å²) >= 11 is 0. The van der Waals surface area contributed by atoms with E-state index in [1.54, 1.807) is 30.3 Å². The normalized spacial score (nSPS) is 11.0. The van der Waals surface area contributed by atoms with Gasteiger partial charge in [0, 0.05) is 6.07 Å². The first kappa shape index (κ1) is 23.9. The van der Waals surface area contributed by atoms with E-state index in [1.807, 2.05) is 0 Å². The number of carbonyl (C=O) groups is 2. The van der Waals surface area contributed by atoms with Crippen LogP contribution < -0.4 is 5.43 Å². The number of hydrogen-bond donors (Lipinski definition) is 1. The summed E-state index contributed by atoms with van der Waals surface area (Å²) in [6, 6.07) is 11.8. The minimum absolute atomic E-state index is 0.0110. The molecule has 0 aromatic heterocycles. The summed E-state index contributed by atoms with van der Waals surface area (Å²) < 4.78 is 9.30. The third-order valence-electron chi connectivity index (χ3n) is 4.45. The smallest absolute Gasteiger partial charge is 0.320 e. The van der Waals surface area contributed by atoms with Crippen molar-refractivity contribution in [1.82, 2.24) is 0 Å². The molecular formula is C20H20N4O8. The fourth-order valence-electron chi connectivity index (χ4n) is 2.80. The summed E-state index contributed by atoms with van der Waals surface area (Å²) in [5.74, 6) is -2.70. The largest absolute Gasteiger partial charge is 0.468 e. The van der Waals surface area contributed by atoms with Gasteiger partial charge in [-0.1, -0.05) is 30.3 Å². The molecule has 0 bridgehead atoms. The first-order valence-corrected chi connectivity index (χ1v) is 9.25. The molecule has 0 aliphatic rings. The molecule has 1 N–H and O–H groups in total. The van der Waals surface area contributed by atoms with Gasteiger partial charge in [0.2, 0.25) is 0 Å². The van der Waals surface area contributed by atoms with Crippen molar-refractivity contribution in [2.45, 2.75) is 12.8 Å². The van der Waals surface area contributed by atoms with Gasteiger partial charge in [-0.05, 0) is 24.5 Å². The summed E-state index contributed by atoms with van der Waals surface area (Å²) in [6.45, 7) is 0. The minimum atomic E-state index is -1.17. The lowest BCUT2D eigenvalue weighted by molar-refractivity contribution is -0.393. The molecule has 0 unspecified atom stereocenters. The third kappa shape index (κ3) is 6.08. The Kier molecular flexibility index (Phi) is 8.34. The predicted octanol–water partition coefficient (Wildman–Crippen LogP) is 3.06. The number of anilines is 1. The number of rotatable bonds is 10. The van der Waals surface area contributed by atoms with E-state index in [1.165, 1.54) is 6.07 Å². The lowest BCUT2D eigenvalue weighted by Gasteiger charge is -2.14. The Bertz CT molecular complexity index is 1020. The van der Waals surface area contributed by atoms with E-state index in [0.29, 0.717) is 11.3 Å². The van der Waals surface area contributed by atoms with Gasteiger partial charge in [0.05, 0.1) is 35.8 Å². The molecule has 0 aliphatic heterocycles. The van der Waals surface area contributed by atoms with Crippen molar-refractivity contribution in [1.29, 1.82) is 0 Å². The van der Waals surface area contributed by atoms with Crippen molar-refractivity contribution in [2.24, 2.45) is 11.0 Å². The third-order valence-corrected chi connectivity index (χ3v) is 4.45. The van der Waals surface area contributed by atoms with E-state index in [2.05, 4.69) is 20.0 Å². The van der Waals surface area contributed by atoms with E-state index in [0.717, 1.165) is 26.4 Å². The fourth-order valence-corrected chi connectivity index (χ4v) is 2.80. The predicted molar refractivity (Wildman–Crippen MR) is 113 cm³/mol. The lowest BCUT2D eigenvalue weighted by Crippen LogP contribution is -2.27. The zero-order valence-corrected chi connectivity index (χ0v) is 17.2. The summed E-state index contributed by atoms with van der Waals surface area (Å²) in [4.78, 5) is 44.6. The molecule has 2 aromatic carbocycles. The average molecular weight is 444 g/mol. The van der Waals surface area contributed by atoms with Crippen molar-refractivity contribution in [2.75, 3.05) is 19.6 Å². The van der Waals surface area contributed by atoms with Gasteiger partial charge in [0.25, 0.3) is 5.69 Å². The molecule has 12 heteroatoms. The number of nitrogens with one attached hydrogen (secondary N) is 1. The molecule has 2 aromatic rings. The van der Waals surface area contributed by atoms with Crippen LogP contribution in [0.2, 0.25) is 0 Å². The van der Waals surface area contributed by atoms with Crippen LogP contribution in [0.5, 0.6) is 0 Å². The highest BCUT2D eigenvalue weighted by atomic mass is 16.6. The Balaban J connectivity index is 2.36. The molecule has 0 fully saturated rings. The van der Waals surface area contributed by atoms with E-state index in [4.69, 9.17) is 0 Å². The Labute approximate surface area is 182 Å². The number of benzene rings is 2. The maximum absolute atomic E-state index is 11.9. The number of carbonyl (C=O) groups excluding carboxylic acids is 2. The second-order valence-electron chi connectivity index (χ2n) is 6.39. The molecule has 0 amide bonds. The fraction of sp³-hybridized carbons (Fsp3) is 0.250. The molecule has 0 saturated heterocycles. The summed E-state index contributed by atoms with van der Waals surface area (Å²) in [6.07, 6.45) is 0.129. The molecule has 0 radical (unpaired) electrons. The monoisotopic (exact) mass is 444 g/mol. The van der Waals surface area contributed by atoms with Crippen LogP contribution in [0.15, 0.2) is 53.6 Å². The number of nitro benzene ring substituents is 2. The van der Waals surface area contributed by atoms with Crippen LogP contribution >= 0.6 is 0 Å². The highest BCUT2D eigenvalue weighted by Crippen LogP contribution is 2.29. The number of esters is 2. The topological polar surface area (TPSA) is 163 Å². The summed E-state index contributed by atoms with van der Waals surface area (Å²) in [7, 11) is 2.31. The van der Waals surface area contributed by atoms with Crippen molar-refractivity contribution < 1.29 is 28.9 Å². The molecule has 0 spiro atoms. The van der Waals surface area contributed by atoms with Crippen molar-refractivity contribution in [3.63, 3.8) is 0 Å². The first-order chi connectivity index (χ1) is 15.3. The second kappa shape index (κ2) is 11.2. The van der Waals surface area contributed by atoms with E-state index < -0.39 is 39.1 Å². The lowest BCUT2D eigenvalue weighted by atomic mass is 9.98. The van der Waals surface area contributed by atoms with Gasteiger partial charge >= 0.3 is 17.6 Å². The first-order valence-electron chi connectivity index (χ1n) is 9.25. The summed E-state index contributed by atoms with van der Waals surface area (Å²) in [5.41, 5.74) is 2.55. The van der Waals surface area contributed by atoms with Crippen LogP contribution in [0.4, 0.5) is 17.1 Å². The van der Waals surface area contributed by atoms with Gasteiger partial charge in [-0.15, -0.1) is 0 Å². The molecule has 0 heterocycles.